The molecule has 0 aliphatic rings. The zero-order valence-corrected chi connectivity index (χ0v) is 19.0. The molecule has 8 heteroatoms. The molecule has 0 saturated heterocycles. The molecular weight excluding hydrogens is 439 g/mol. The standard InChI is InChI=1S/C25H23FN4O2S/c1-16(29(2)18-8-4-3-5-9-18)15-27-23(31)17-12-13-19-21(14-17)28-25(33)30(24(19)32)22-11-7-6-10-20(22)26/h3-14,16H,15H2,1-2H3,(H,27,31)(H,28,33). The third kappa shape index (κ3) is 4.56. The minimum Gasteiger partial charge on any atom is -0.370 e. The molecule has 1 aromatic heterocycles. The summed E-state index contributed by atoms with van der Waals surface area (Å²) in [5.41, 5.74) is 1.49. The van der Waals surface area contributed by atoms with Gasteiger partial charge < -0.3 is 15.2 Å². The fraction of sp³-hybridized carbons (Fsp3) is 0.160. The van der Waals surface area contributed by atoms with Gasteiger partial charge in [0, 0.05) is 30.9 Å². The Kier molecular flexibility index (Phi) is 6.37. The van der Waals surface area contributed by atoms with Gasteiger partial charge in [-0.05, 0) is 61.6 Å². The molecule has 6 nitrogen and oxygen atoms in total. The summed E-state index contributed by atoms with van der Waals surface area (Å²) in [5, 5.41) is 3.24. The fourth-order valence-electron chi connectivity index (χ4n) is 3.61. The molecule has 1 unspecified atom stereocenters. The first kappa shape index (κ1) is 22.4. The molecule has 1 atom stereocenters. The number of hydrogen-bond acceptors (Lipinski definition) is 4. The average Bonchev–Trinajstić information content (AvgIpc) is 2.83. The van der Waals surface area contributed by atoms with Crippen molar-refractivity contribution < 1.29 is 9.18 Å². The SMILES string of the molecule is CC(CNC(=O)c1ccc2c(=O)n(-c3ccccc3F)c(=S)[nH]c2c1)N(C)c1ccccc1. The average molecular weight is 463 g/mol. The van der Waals surface area contributed by atoms with Gasteiger partial charge in [0.15, 0.2) is 4.77 Å². The number of aromatic amines is 1. The summed E-state index contributed by atoms with van der Waals surface area (Å²) >= 11 is 5.31. The lowest BCUT2D eigenvalue weighted by molar-refractivity contribution is 0.0951. The highest BCUT2D eigenvalue weighted by Gasteiger charge is 2.15. The molecular formula is C25H23FN4O2S. The lowest BCUT2D eigenvalue weighted by Gasteiger charge is -2.27. The third-order valence-corrected chi connectivity index (χ3v) is 5.92. The lowest BCUT2D eigenvalue weighted by Crippen LogP contribution is -2.40. The van der Waals surface area contributed by atoms with Gasteiger partial charge in [0.25, 0.3) is 11.5 Å². The van der Waals surface area contributed by atoms with Crippen LogP contribution in [0.15, 0.2) is 77.6 Å². The molecule has 4 aromatic rings. The summed E-state index contributed by atoms with van der Waals surface area (Å²) in [6.07, 6.45) is 0. The summed E-state index contributed by atoms with van der Waals surface area (Å²) in [6, 6.07) is 20.6. The van der Waals surface area contributed by atoms with Gasteiger partial charge in [-0.1, -0.05) is 30.3 Å². The Bertz CT molecular complexity index is 1430. The first-order chi connectivity index (χ1) is 15.9. The first-order valence-electron chi connectivity index (χ1n) is 10.5. The van der Waals surface area contributed by atoms with Crippen LogP contribution >= 0.6 is 12.2 Å². The zero-order chi connectivity index (χ0) is 23.5. The Labute approximate surface area is 195 Å². The fourth-order valence-corrected chi connectivity index (χ4v) is 3.90. The minimum atomic E-state index is -0.552. The first-order valence-corrected chi connectivity index (χ1v) is 10.9. The Morgan fingerprint density at radius 3 is 2.55 bits per heavy atom. The number of anilines is 1. The van der Waals surface area contributed by atoms with Crippen LogP contribution in [0, 0.1) is 10.6 Å². The number of aromatic nitrogens is 2. The molecule has 2 N–H and O–H groups in total. The van der Waals surface area contributed by atoms with Crippen molar-refractivity contribution >= 4 is 34.7 Å². The van der Waals surface area contributed by atoms with E-state index in [4.69, 9.17) is 12.2 Å². The van der Waals surface area contributed by atoms with E-state index in [-0.39, 0.29) is 22.4 Å². The van der Waals surface area contributed by atoms with Crippen LogP contribution in [-0.2, 0) is 0 Å². The van der Waals surface area contributed by atoms with Crippen molar-refractivity contribution in [3.05, 3.63) is 99.3 Å². The van der Waals surface area contributed by atoms with Crippen molar-refractivity contribution in [1.82, 2.24) is 14.9 Å². The summed E-state index contributed by atoms with van der Waals surface area (Å²) in [6.45, 7) is 2.46. The summed E-state index contributed by atoms with van der Waals surface area (Å²) in [4.78, 5) is 30.8. The predicted octanol–water partition coefficient (Wildman–Crippen LogP) is 4.44. The number of hydrogen-bond donors (Lipinski definition) is 2. The van der Waals surface area contributed by atoms with Crippen molar-refractivity contribution in [2.24, 2.45) is 0 Å². The molecule has 1 amide bonds. The Hall–Kier alpha value is -3.78. The maximum absolute atomic E-state index is 14.2. The second kappa shape index (κ2) is 9.38. The number of H-pyrrole nitrogens is 1. The number of rotatable bonds is 6. The number of carbonyl (C=O) groups is 1. The summed E-state index contributed by atoms with van der Waals surface area (Å²) in [7, 11) is 1.98. The number of fused-ring (bicyclic) bond motifs is 1. The Balaban J connectivity index is 1.56. The normalized spacial score (nSPS) is 11.8. The largest absolute Gasteiger partial charge is 0.370 e. The number of likely N-dealkylation sites (N-methyl/N-ethyl adjacent to an activating group) is 1. The zero-order valence-electron chi connectivity index (χ0n) is 18.2. The van der Waals surface area contributed by atoms with Gasteiger partial charge in [-0.25, -0.2) is 8.96 Å². The van der Waals surface area contributed by atoms with E-state index in [1.54, 1.807) is 30.3 Å². The predicted molar refractivity (Wildman–Crippen MR) is 131 cm³/mol. The van der Waals surface area contributed by atoms with E-state index >= 15 is 0 Å². The van der Waals surface area contributed by atoms with Gasteiger partial charge in [-0.2, -0.15) is 0 Å². The molecule has 0 bridgehead atoms. The Morgan fingerprint density at radius 1 is 1.12 bits per heavy atom. The van der Waals surface area contributed by atoms with Crippen molar-refractivity contribution in [2.45, 2.75) is 13.0 Å². The van der Waals surface area contributed by atoms with Gasteiger partial charge in [-0.15, -0.1) is 0 Å². The number of halogens is 1. The van der Waals surface area contributed by atoms with Crippen LogP contribution in [0.25, 0.3) is 16.6 Å². The summed E-state index contributed by atoms with van der Waals surface area (Å²) < 4.78 is 15.4. The number of benzene rings is 3. The van der Waals surface area contributed by atoms with E-state index in [0.717, 1.165) is 10.3 Å². The highest BCUT2D eigenvalue weighted by atomic mass is 32.1. The second-order valence-electron chi connectivity index (χ2n) is 7.79. The molecule has 0 aliphatic carbocycles. The van der Waals surface area contributed by atoms with Crippen LogP contribution in [0.2, 0.25) is 0 Å². The van der Waals surface area contributed by atoms with Crippen LogP contribution < -0.4 is 15.8 Å². The van der Waals surface area contributed by atoms with Gasteiger partial charge in [0.05, 0.1) is 16.6 Å². The van der Waals surface area contributed by atoms with Crippen LogP contribution in [0.1, 0.15) is 17.3 Å². The van der Waals surface area contributed by atoms with E-state index in [2.05, 4.69) is 15.2 Å². The van der Waals surface area contributed by atoms with Gasteiger partial charge in [0.2, 0.25) is 0 Å². The maximum Gasteiger partial charge on any atom is 0.266 e. The number of carbonyl (C=O) groups excluding carboxylic acids is 1. The van der Waals surface area contributed by atoms with E-state index in [1.807, 2.05) is 44.3 Å². The number of nitrogens with one attached hydrogen (secondary N) is 2. The molecule has 168 valence electrons. The number of amides is 1. The van der Waals surface area contributed by atoms with Crippen LogP contribution in [0.4, 0.5) is 10.1 Å². The van der Waals surface area contributed by atoms with E-state index < -0.39 is 11.4 Å². The van der Waals surface area contributed by atoms with Gasteiger partial charge in [-0.3, -0.25) is 9.59 Å². The smallest absolute Gasteiger partial charge is 0.266 e. The Morgan fingerprint density at radius 2 is 1.82 bits per heavy atom. The van der Waals surface area contributed by atoms with Gasteiger partial charge in [0.1, 0.15) is 5.82 Å². The highest BCUT2D eigenvalue weighted by molar-refractivity contribution is 7.71. The van der Waals surface area contributed by atoms with E-state index in [9.17, 15) is 14.0 Å². The monoisotopic (exact) mass is 462 g/mol. The quantitative estimate of drug-likeness (QED) is 0.416. The highest BCUT2D eigenvalue weighted by Crippen LogP contribution is 2.16. The molecule has 33 heavy (non-hydrogen) atoms. The van der Waals surface area contributed by atoms with Crippen molar-refractivity contribution in [3.8, 4) is 5.69 Å². The molecule has 0 radical (unpaired) electrons. The minimum absolute atomic E-state index is 0.0493. The topological polar surface area (TPSA) is 70.1 Å². The van der Waals surface area contributed by atoms with Crippen LogP contribution in [0.5, 0.6) is 0 Å². The maximum atomic E-state index is 14.2. The van der Waals surface area contributed by atoms with E-state index in [1.165, 1.54) is 12.1 Å². The van der Waals surface area contributed by atoms with Crippen molar-refractivity contribution in [2.75, 3.05) is 18.5 Å². The number of nitrogens with zero attached hydrogens (tertiary/aromatic N) is 2. The molecule has 0 fully saturated rings. The van der Waals surface area contributed by atoms with Crippen LogP contribution in [0.3, 0.4) is 0 Å². The van der Waals surface area contributed by atoms with Crippen molar-refractivity contribution in [3.63, 3.8) is 0 Å². The van der Waals surface area contributed by atoms with Crippen molar-refractivity contribution in [1.29, 1.82) is 0 Å². The van der Waals surface area contributed by atoms with Crippen LogP contribution in [-0.4, -0.2) is 35.1 Å². The molecule has 0 saturated carbocycles. The molecule has 3 aromatic carbocycles. The molecule has 0 spiro atoms. The lowest BCUT2D eigenvalue weighted by atomic mass is 10.1. The number of para-hydroxylation sites is 2. The van der Waals surface area contributed by atoms with E-state index in [0.29, 0.717) is 23.0 Å². The molecule has 0 aliphatic heterocycles. The van der Waals surface area contributed by atoms with Gasteiger partial charge >= 0.3 is 0 Å². The molecule has 4 rings (SSSR count). The summed E-state index contributed by atoms with van der Waals surface area (Å²) in [5.74, 6) is -0.813. The molecule has 1 heterocycles. The second-order valence-corrected chi connectivity index (χ2v) is 8.17. The third-order valence-electron chi connectivity index (χ3n) is 5.64.